The van der Waals surface area contributed by atoms with Crippen LogP contribution in [0.5, 0.6) is 0 Å². The molecule has 0 aliphatic heterocycles. The Hall–Kier alpha value is -0.900. The molecule has 0 spiro atoms. The third-order valence-corrected chi connectivity index (χ3v) is 5.63. The van der Waals surface area contributed by atoms with Crippen LogP contribution in [0.3, 0.4) is 0 Å². The summed E-state index contributed by atoms with van der Waals surface area (Å²) in [7, 11) is 0. The van der Waals surface area contributed by atoms with E-state index in [0.717, 1.165) is 31.0 Å². The molecule has 1 aromatic heterocycles. The Bertz CT molecular complexity index is 472. The summed E-state index contributed by atoms with van der Waals surface area (Å²) in [5, 5.41) is 4.29. The molecule has 2 aliphatic carbocycles. The van der Waals surface area contributed by atoms with Gasteiger partial charge in [-0.2, -0.15) is 4.98 Å². The molecule has 4 unspecified atom stereocenters. The molecule has 2 fully saturated rings. The summed E-state index contributed by atoms with van der Waals surface area (Å²) < 4.78 is 5.59. The molecule has 1 heterocycles. The molecule has 0 saturated heterocycles. The van der Waals surface area contributed by atoms with Crippen molar-refractivity contribution < 1.29 is 4.52 Å². The van der Waals surface area contributed by atoms with E-state index in [2.05, 4.69) is 19.0 Å². The number of rotatable bonds is 3. The molecule has 1 aromatic rings. The van der Waals surface area contributed by atoms with Crippen LogP contribution in [0.4, 0.5) is 0 Å². The average molecular weight is 291 g/mol. The first-order valence-corrected chi connectivity index (χ1v) is 8.73. The minimum atomic E-state index is -0.387. The second kappa shape index (κ2) is 6.07. The maximum atomic E-state index is 6.57. The first-order valence-electron chi connectivity index (χ1n) is 8.73. The molecule has 4 heteroatoms. The summed E-state index contributed by atoms with van der Waals surface area (Å²) in [6.45, 7) is 4.55. The van der Waals surface area contributed by atoms with Crippen molar-refractivity contribution in [1.82, 2.24) is 10.1 Å². The predicted octanol–water partition coefficient (Wildman–Crippen LogP) is 4.12. The summed E-state index contributed by atoms with van der Waals surface area (Å²) in [6, 6.07) is 0. The lowest BCUT2D eigenvalue weighted by Crippen LogP contribution is -2.41. The molecule has 2 aliphatic rings. The van der Waals surface area contributed by atoms with Gasteiger partial charge in [0.25, 0.3) is 0 Å². The van der Waals surface area contributed by atoms with Crippen LogP contribution in [0.1, 0.15) is 89.3 Å². The number of hydrogen-bond acceptors (Lipinski definition) is 4. The summed E-state index contributed by atoms with van der Waals surface area (Å²) in [6.07, 6.45) is 10.7. The Morgan fingerprint density at radius 1 is 1.29 bits per heavy atom. The van der Waals surface area contributed by atoms with Crippen molar-refractivity contribution in [3.63, 3.8) is 0 Å². The summed E-state index contributed by atoms with van der Waals surface area (Å²) in [5.74, 6) is 3.55. The third kappa shape index (κ3) is 3.15. The van der Waals surface area contributed by atoms with Gasteiger partial charge in [0.1, 0.15) is 0 Å². The zero-order chi connectivity index (χ0) is 14.9. The third-order valence-electron chi connectivity index (χ3n) is 5.63. The minimum Gasteiger partial charge on any atom is -0.337 e. The van der Waals surface area contributed by atoms with E-state index in [1.165, 1.54) is 38.5 Å². The van der Waals surface area contributed by atoms with Crippen LogP contribution in [0.25, 0.3) is 0 Å². The van der Waals surface area contributed by atoms with Crippen molar-refractivity contribution in [2.75, 3.05) is 0 Å². The fourth-order valence-corrected chi connectivity index (χ4v) is 4.29. The quantitative estimate of drug-likeness (QED) is 0.910. The van der Waals surface area contributed by atoms with E-state index in [0.29, 0.717) is 17.7 Å². The predicted molar refractivity (Wildman–Crippen MR) is 82.8 cm³/mol. The van der Waals surface area contributed by atoms with Crippen LogP contribution in [0, 0.1) is 11.8 Å². The van der Waals surface area contributed by atoms with Crippen LogP contribution in [0.15, 0.2) is 4.52 Å². The van der Waals surface area contributed by atoms with Crippen molar-refractivity contribution in [2.45, 2.75) is 83.1 Å². The Kier molecular flexibility index (Phi) is 4.34. The largest absolute Gasteiger partial charge is 0.337 e. The second-order valence-corrected chi connectivity index (χ2v) is 7.45. The van der Waals surface area contributed by atoms with Gasteiger partial charge in [0.2, 0.25) is 5.89 Å². The molecule has 0 radical (unpaired) electrons. The van der Waals surface area contributed by atoms with Gasteiger partial charge < -0.3 is 10.3 Å². The first kappa shape index (κ1) is 15.0. The molecule has 3 rings (SSSR count). The van der Waals surface area contributed by atoms with Gasteiger partial charge in [-0.1, -0.05) is 51.1 Å². The minimum absolute atomic E-state index is 0.387. The smallest absolute Gasteiger partial charge is 0.246 e. The van der Waals surface area contributed by atoms with Gasteiger partial charge >= 0.3 is 0 Å². The number of hydrogen-bond donors (Lipinski definition) is 1. The van der Waals surface area contributed by atoms with Gasteiger partial charge in [-0.15, -0.1) is 0 Å². The monoisotopic (exact) mass is 291 g/mol. The van der Waals surface area contributed by atoms with Gasteiger partial charge in [-0.05, 0) is 37.5 Å². The normalized spacial score (nSPS) is 37.6. The van der Waals surface area contributed by atoms with E-state index in [1.54, 1.807) is 0 Å². The summed E-state index contributed by atoms with van der Waals surface area (Å²) in [5.41, 5.74) is 6.18. The SMILES string of the molecule is CCC1CCCC(c2noc(C3(N)CCCC(C)C3)n2)C1. The first-order chi connectivity index (χ1) is 10.1. The van der Waals surface area contributed by atoms with Gasteiger partial charge in [0.05, 0.1) is 5.54 Å². The Balaban J connectivity index is 1.73. The lowest BCUT2D eigenvalue weighted by atomic mass is 9.77. The van der Waals surface area contributed by atoms with Gasteiger partial charge in [0.15, 0.2) is 5.82 Å². The molecule has 0 bridgehead atoms. The van der Waals surface area contributed by atoms with E-state index in [-0.39, 0.29) is 5.54 Å². The van der Waals surface area contributed by atoms with Crippen LogP contribution < -0.4 is 5.73 Å². The van der Waals surface area contributed by atoms with Crippen LogP contribution >= 0.6 is 0 Å². The van der Waals surface area contributed by atoms with E-state index in [9.17, 15) is 0 Å². The van der Waals surface area contributed by atoms with Gasteiger partial charge in [-0.25, -0.2) is 0 Å². The van der Waals surface area contributed by atoms with E-state index >= 15 is 0 Å². The van der Waals surface area contributed by atoms with Crippen molar-refractivity contribution in [1.29, 1.82) is 0 Å². The molecule has 118 valence electrons. The highest BCUT2D eigenvalue weighted by Crippen LogP contribution is 2.39. The van der Waals surface area contributed by atoms with Crippen molar-refractivity contribution >= 4 is 0 Å². The van der Waals surface area contributed by atoms with E-state index < -0.39 is 0 Å². The molecule has 2 N–H and O–H groups in total. The zero-order valence-corrected chi connectivity index (χ0v) is 13.5. The van der Waals surface area contributed by atoms with Gasteiger partial charge in [0, 0.05) is 5.92 Å². The molecule has 4 nitrogen and oxygen atoms in total. The Morgan fingerprint density at radius 3 is 2.90 bits per heavy atom. The highest BCUT2D eigenvalue weighted by atomic mass is 16.5. The van der Waals surface area contributed by atoms with E-state index in [1.807, 2.05) is 0 Å². The van der Waals surface area contributed by atoms with Crippen molar-refractivity contribution in [3.8, 4) is 0 Å². The average Bonchev–Trinajstić information content (AvgIpc) is 2.98. The van der Waals surface area contributed by atoms with E-state index in [4.69, 9.17) is 15.2 Å². The lowest BCUT2D eigenvalue weighted by Gasteiger charge is -2.33. The van der Waals surface area contributed by atoms with Crippen LogP contribution in [-0.2, 0) is 5.54 Å². The highest BCUT2D eigenvalue weighted by molar-refractivity contribution is 5.07. The van der Waals surface area contributed by atoms with Crippen LogP contribution in [0.2, 0.25) is 0 Å². The zero-order valence-electron chi connectivity index (χ0n) is 13.5. The maximum absolute atomic E-state index is 6.57. The molecular weight excluding hydrogens is 262 g/mol. The molecule has 2 saturated carbocycles. The molecule has 4 atom stereocenters. The van der Waals surface area contributed by atoms with Crippen molar-refractivity contribution in [3.05, 3.63) is 11.7 Å². The maximum Gasteiger partial charge on any atom is 0.246 e. The topological polar surface area (TPSA) is 64.9 Å². The fraction of sp³-hybridized carbons (Fsp3) is 0.882. The molecule has 0 aromatic carbocycles. The number of nitrogens with two attached hydrogens (primary N) is 1. The second-order valence-electron chi connectivity index (χ2n) is 7.45. The summed E-state index contributed by atoms with van der Waals surface area (Å²) in [4.78, 5) is 4.73. The molecule has 21 heavy (non-hydrogen) atoms. The Labute approximate surface area is 127 Å². The molecular formula is C17H29N3O. The number of nitrogens with zero attached hydrogens (tertiary/aromatic N) is 2. The number of aromatic nitrogens is 2. The fourth-order valence-electron chi connectivity index (χ4n) is 4.29. The summed E-state index contributed by atoms with van der Waals surface area (Å²) >= 11 is 0. The lowest BCUT2D eigenvalue weighted by molar-refractivity contribution is 0.183. The highest BCUT2D eigenvalue weighted by Gasteiger charge is 2.38. The van der Waals surface area contributed by atoms with Crippen LogP contribution in [-0.4, -0.2) is 10.1 Å². The van der Waals surface area contributed by atoms with Gasteiger partial charge in [-0.3, -0.25) is 0 Å². The Morgan fingerprint density at radius 2 is 2.14 bits per heavy atom. The standard InChI is InChI=1S/C17H29N3O/c1-3-13-7-4-8-14(10-13)15-19-16(21-20-15)17(18)9-5-6-12(2)11-17/h12-14H,3-11,18H2,1-2H3. The van der Waals surface area contributed by atoms with Crippen molar-refractivity contribution in [2.24, 2.45) is 17.6 Å². The molecule has 0 amide bonds.